The SMILES string of the molecule is Cc1ccc(C(=O)O)cc1NC(=O)N(c1c2ccccc2nn1-c1ccc(Cl)cc1)C1CCCCC1. The third-order valence-corrected chi connectivity index (χ3v) is 6.99. The van der Waals surface area contributed by atoms with Crippen molar-refractivity contribution in [2.45, 2.75) is 45.1 Å². The number of hydrogen-bond donors (Lipinski definition) is 2. The fraction of sp³-hybridized carbons (Fsp3) is 0.250. The molecule has 1 heterocycles. The minimum absolute atomic E-state index is 0.0205. The molecule has 5 rings (SSSR count). The molecule has 0 radical (unpaired) electrons. The van der Waals surface area contributed by atoms with Crippen LogP contribution in [0.15, 0.2) is 66.7 Å². The monoisotopic (exact) mass is 502 g/mol. The molecule has 0 unspecified atom stereocenters. The Morgan fingerprint density at radius 1 is 1.03 bits per heavy atom. The third-order valence-electron chi connectivity index (χ3n) is 6.74. The summed E-state index contributed by atoms with van der Waals surface area (Å²) in [6, 6.07) is 19.6. The van der Waals surface area contributed by atoms with Crippen LogP contribution in [0.2, 0.25) is 5.02 Å². The van der Waals surface area contributed by atoms with E-state index in [2.05, 4.69) is 5.32 Å². The summed E-state index contributed by atoms with van der Waals surface area (Å²) in [6.07, 6.45) is 4.97. The molecule has 1 fully saturated rings. The number of nitrogens with zero attached hydrogens (tertiary/aromatic N) is 3. The number of fused-ring (bicyclic) bond motifs is 1. The predicted octanol–water partition coefficient (Wildman–Crippen LogP) is 7.06. The Bertz CT molecular complexity index is 1420. The number of benzene rings is 3. The fourth-order valence-electron chi connectivity index (χ4n) is 4.85. The van der Waals surface area contributed by atoms with Crippen LogP contribution < -0.4 is 10.2 Å². The average Bonchev–Trinajstić information content (AvgIpc) is 3.26. The van der Waals surface area contributed by atoms with Crippen LogP contribution in [0.1, 0.15) is 48.0 Å². The number of hydrogen-bond acceptors (Lipinski definition) is 3. The van der Waals surface area contributed by atoms with Crippen LogP contribution in [0.3, 0.4) is 0 Å². The molecule has 0 atom stereocenters. The van der Waals surface area contributed by atoms with Crippen molar-refractivity contribution >= 4 is 46.0 Å². The van der Waals surface area contributed by atoms with Crippen LogP contribution in [0.5, 0.6) is 0 Å². The summed E-state index contributed by atoms with van der Waals surface area (Å²) in [7, 11) is 0. The molecule has 8 heteroatoms. The maximum atomic E-state index is 14.0. The lowest BCUT2D eigenvalue weighted by molar-refractivity contribution is 0.0697. The summed E-state index contributed by atoms with van der Waals surface area (Å²) >= 11 is 6.15. The van der Waals surface area contributed by atoms with Crippen LogP contribution in [0.25, 0.3) is 16.6 Å². The molecule has 4 aromatic rings. The molecule has 184 valence electrons. The highest BCUT2D eigenvalue weighted by atomic mass is 35.5. The number of rotatable bonds is 5. The first-order chi connectivity index (χ1) is 17.4. The summed E-state index contributed by atoms with van der Waals surface area (Å²) in [6.45, 7) is 1.85. The zero-order valence-corrected chi connectivity index (χ0v) is 20.7. The topological polar surface area (TPSA) is 87.5 Å². The molecular weight excluding hydrogens is 476 g/mol. The van der Waals surface area contributed by atoms with Crippen molar-refractivity contribution in [3.8, 4) is 5.69 Å². The zero-order chi connectivity index (χ0) is 25.2. The Hall–Kier alpha value is -3.84. The summed E-state index contributed by atoms with van der Waals surface area (Å²) < 4.78 is 1.80. The van der Waals surface area contributed by atoms with Crippen molar-refractivity contribution in [2.75, 3.05) is 10.2 Å². The number of nitrogens with one attached hydrogen (secondary N) is 1. The number of carboxylic acid groups (broad SMARTS) is 1. The van der Waals surface area contributed by atoms with Crippen LogP contribution >= 0.6 is 11.6 Å². The second kappa shape index (κ2) is 10.0. The summed E-state index contributed by atoms with van der Waals surface area (Å²) in [5, 5.41) is 18.8. The van der Waals surface area contributed by atoms with Gasteiger partial charge in [-0.3, -0.25) is 4.90 Å². The van der Waals surface area contributed by atoms with E-state index in [4.69, 9.17) is 16.7 Å². The quantitative estimate of drug-likeness (QED) is 0.306. The maximum Gasteiger partial charge on any atom is 0.335 e. The molecule has 2 N–H and O–H groups in total. The summed E-state index contributed by atoms with van der Waals surface area (Å²) in [5.41, 5.74) is 2.95. The number of carbonyl (C=O) groups is 2. The molecule has 1 aromatic heterocycles. The number of amides is 2. The van der Waals surface area contributed by atoms with Gasteiger partial charge in [0.25, 0.3) is 0 Å². The van der Waals surface area contributed by atoms with Gasteiger partial charge in [-0.1, -0.05) is 49.1 Å². The highest BCUT2D eigenvalue weighted by Gasteiger charge is 2.32. The van der Waals surface area contributed by atoms with E-state index < -0.39 is 5.97 Å². The molecule has 7 nitrogen and oxygen atoms in total. The third kappa shape index (κ3) is 4.66. The lowest BCUT2D eigenvalue weighted by Gasteiger charge is -2.34. The van der Waals surface area contributed by atoms with Gasteiger partial charge in [0.15, 0.2) is 0 Å². The minimum Gasteiger partial charge on any atom is -0.478 e. The van der Waals surface area contributed by atoms with Gasteiger partial charge >= 0.3 is 12.0 Å². The highest BCUT2D eigenvalue weighted by Crippen LogP contribution is 2.35. The number of carboxylic acids is 1. The molecule has 2 amide bonds. The van der Waals surface area contributed by atoms with E-state index in [1.165, 1.54) is 12.1 Å². The van der Waals surface area contributed by atoms with Gasteiger partial charge in [-0.2, -0.15) is 5.10 Å². The first kappa shape index (κ1) is 23.9. The Labute approximate surface area is 214 Å². The van der Waals surface area contributed by atoms with Crippen LogP contribution in [-0.2, 0) is 0 Å². The van der Waals surface area contributed by atoms with Crippen LogP contribution in [0.4, 0.5) is 16.3 Å². The maximum absolute atomic E-state index is 14.0. The van der Waals surface area contributed by atoms with E-state index in [1.54, 1.807) is 22.9 Å². The van der Waals surface area contributed by atoms with Gasteiger partial charge in [0.2, 0.25) is 0 Å². The minimum atomic E-state index is -1.04. The van der Waals surface area contributed by atoms with Gasteiger partial charge in [0.05, 0.1) is 16.8 Å². The number of carbonyl (C=O) groups excluding carboxylic acids is 1. The molecule has 3 aromatic carbocycles. The lowest BCUT2D eigenvalue weighted by atomic mass is 9.94. The Kier molecular flexibility index (Phi) is 6.65. The van der Waals surface area contributed by atoms with Crippen LogP contribution in [-0.4, -0.2) is 32.9 Å². The Morgan fingerprint density at radius 2 is 1.75 bits per heavy atom. The van der Waals surface area contributed by atoms with Crippen molar-refractivity contribution in [1.82, 2.24) is 9.78 Å². The first-order valence-corrected chi connectivity index (χ1v) is 12.5. The number of aromatic nitrogens is 2. The lowest BCUT2D eigenvalue weighted by Crippen LogP contribution is -2.45. The van der Waals surface area contributed by atoms with Crippen molar-refractivity contribution in [3.63, 3.8) is 0 Å². The standard InChI is InChI=1S/C28H27ClN4O3/c1-18-11-12-19(27(34)35)17-25(18)30-28(36)32(21-7-3-2-4-8-21)26-23-9-5-6-10-24(23)31-33(26)22-15-13-20(29)14-16-22/h5-6,9-17,21H,2-4,7-8H2,1H3,(H,30,36)(H,34,35). The molecular formula is C28H27ClN4O3. The molecule has 0 saturated heterocycles. The van der Waals surface area contributed by atoms with Crippen molar-refractivity contribution in [2.24, 2.45) is 0 Å². The van der Waals surface area contributed by atoms with E-state index in [0.717, 1.165) is 54.3 Å². The number of anilines is 2. The van der Waals surface area contributed by atoms with Gasteiger partial charge in [-0.25, -0.2) is 14.3 Å². The molecule has 1 aliphatic carbocycles. The molecule has 0 bridgehead atoms. The summed E-state index contributed by atoms with van der Waals surface area (Å²) in [4.78, 5) is 27.4. The number of aryl methyl sites for hydroxylation is 1. The normalized spacial score (nSPS) is 14.1. The van der Waals surface area contributed by atoms with Gasteiger partial charge in [0, 0.05) is 22.1 Å². The second-order valence-electron chi connectivity index (χ2n) is 9.16. The smallest absolute Gasteiger partial charge is 0.335 e. The number of aromatic carboxylic acids is 1. The van der Waals surface area contributed by atoms with E-state index in [-0.39, 0.29) is 17.6 Å². The molecule has 1 aliphatic rings. The predicted molar refractivity (Wildman–Crippen MR) is 143 cm³/mol. The van der Waals surface area contributed by atoms with Crippen LogP contribution in [0, 0.1) is 6.92 Å². The number of halogens is 1. The molecule has 1 saturated carbocycles. The Balaban J connectivity index is 1.64. The van der Waals surface area contributed by atoms with E-state index in [1.807, 2.05) is 48.2 Å². The van der Waals surface area contributed by atoms with Gasteiger partial charge < -0.3 is 10.4 Å². The molecule has 0 spiro atoms. The van der Waals surface area contributed by atoms with Crippen molar-refractivity contribution < 1.29 is 14.7 Å². The van der Waals surface area contributed by atoms with Gasteiger partial charge in [-0.05, 0) is 73.9 Å². The van der Waals surface area contributed by atoms with E-state index in [0.29, 0.717) is 16.5 Å². The first-order valence-electron chi connectivity index (χ1n) is 12.1. The highest BCUT2D eigenvalue weighted by molar-refractivity contribution is 6.30. The van der Waals surface area contributed by atoms with Gasteiger partial charge in [0.1, 0.15) is 5.82 Å². The van der Waals surface area contributed by atoms with E-state index >= 15 is 0 Å². The molecule has 0 aliphatic heterocycles. The average molecular weight is 503 g/mol. The van der Waals surface area contributed by atoms with E-state index in [9.17, 15) is 14.7 Å². The molecule has 36 heavy (non-hydrogen) atoms. The summed E-state index contributed by atoms with van der Waals surface area (Å²) in [5.74, 6) is -0.356. The zero-order valence-electron chi connectivity index (χ0n) is 19.9. The Morgan fingerprint density at radius 3 is 2.47 bits per heavy atom. The van der Waals surface area contributed by atoms with Crippen molar-refractivity contribution in [1.29, 1.82) is 0 Å². The van der Waals surface area contributed by atoms with Crippen molar-refractivity contribution in [3.05, 3.63) is 82.9 Å². The number of urea groups is 1. The fourth-order valence-corrected chi connectivity index (χ4v) is 4.98. The van der Waals surface area contributed by atoms with Gasteiger partial charge in [-0.15, -0.1) is 0 Å². The second-order valence-corrected chi connectivity index (χ2v) is 9.59. The largest absolute Gasteiger partial charge is 0.478 e.